The molecular weight excluding hydrogens is 411 g/mol. The zero-order chi connectivity index (χ0) is 22.5. The summed E-state index contributed by atoms with van der Waals surface area (Å²) >= 11 is 0. The molecule has 162 valence electrons. The Labute approximate surface area is 175 Å². The highest BCUT2D eigenvalue weighted by Crippen LogP contribution is 2.25. The lowest BCUT2D eigenvalue weighted by Crippen LogP contribution is -2.47. The molecule has 7 nitrogen and oxygen atoms in total. The van der Waals surface area contributed by atoms with E-state index >= 15 is 0 Å². The van der Waals surface area contributed by atoms with Crippen molar-refractivity contribution in [2.45, 2.75) is 33.2 Å². The summed E-state index contributed by atoms with van der Waals surface area (Å²) in [6.45, 7) is 5.33. The number of benzene rings is 2. The van der Waals surface area contributed by atoms with Crippen LogP contribution in [0.3, 0.4) is 0 Å². The monoisotopic (exact) mass is 436 g/mol. The number of rotatable bonds is 8. The molecule has 0 heterocycles. The number of aryl methyl sites for hydroxylation is 1. The van der Waals surface area contributed by atoms with Gasteiger partial charge in [0, 0.05) is 5.69 Å². The lowest BCUT2D eigenvalue weighted by atomic mass is 10.1. The molecular formula is C21H25FN2O5S. The SMILES string of the molecule is CCOC(=O)c1ccc(C)c(NC(=O)C(CC)N(c2ccc(F)cc2)S(C)(=O)=O)c1. The molecule has 1 unspecified atom stereocenters. The molecule has 0 aliphatic carbocycles. The Bertz CT molecular complexity index is 1020. The average molecular weight is 437 g/mol. The van der Waals surface area contributed by atoms with Crippen molar-refractivity contribution in [1.82, 2.24) is 0 Å². The van der Waals surface area contributed by atoms with Crippen LogP contribution in [0.5, 0.6) is 0 Å². The van der Waals surface area contributed by atoms with Crippen LogP contribution in [0.15, 0.2) is 42.5 Å². The van der Waals surface area contributed by atoms with E-state index in [9.17, 15) is 22.4 Å². The van der Waals surface area contributed by atoms with Gasteiger partial charge in [0.1, 0.15) is 11.9 Å². The molecule has 2 rings (SSSR count). The van der Waals surface area contributed by atoms with E-state index in [0.717, 1.165) is 22.7 Å². The van der Waals surface area contributed by atoms with E-state index < -0.39 is 33.8 Å². The van der Waals surface area contributed by atoms with Crippen molar-refractivity contribution < 1.29 is 27.1 Å². The van der Waals surface area contributed by atoms with Crippen LogP contribution in [0.25, 0.3) is 0 Å². The van der Waals surface area contributed by atoms with E-state index in [1.807, 2.05) is 0 Å². The normalized spacial score (nSPS) is 12.2. The first-order valence-corrected chi connectivity index (χ1v) is 11.3. The van der Waals surface area contributed by atoms with Gasteiger partial charge in [0.15, 0.2) is 0 Å². The van der Waals surface area contributed by atoms with E-state index in [-0.39, 0.29) is 24.3 Å². The van der Waals surface area contributed by atoms with Gasteiger partial charge < -0.3 is 10.1 Å². The number of halogens is 1. The molecule has 0 fully saturated rings. The Morgan fingerprint density at radius 1 is 1.13 bits per heavy atom. The summed E-state index contributed by atoms with van der Waals surface area (Å²) in [5, 5.41) is 2.71. The molecule has 0 aromatic heterocycles. The zero-order valence-electron chi connectivity index (χ0n) is 17.3. The third kappa shape index (κ3) is 5.56. The van der Waals surface area contributed by atoms with Gasteiger partial charge in [-0.2, -0.15) is 0 Å². The number of nitrogens with zero attached hydrogens (tertiary/aromatic N) is 1. The zero-order valence-corrected chi connectivity index (χ0v) is 18.1. The van der Waals surface area contributed by atoms with E-state index in [2.05, 4.69) is 5.32 Å². The predicted molar refractivity (Wildman–Crippen MR) is 114 cm³/mol. The first-order valence-electron chi connectivity index (χ1n) is 9.42. The summed E-state index contributed by atoms with van der Waals surface area (Å²) in [5.41, 5.74) is 1.51. The van der Waals surface area contributed by atoms with Crippen molar-refractivity contribution in [3.8, 4) is 0 Å². The lowest BCUT2D eigenvalue weighted by Gasteiger charge is -2.30. The molecule has 30 heavy (non-hydrogen) atoms. The molecule has 0 aliphatic rings. The minimum absolute atomic E-state index is 0.174. The van der Waals surface area contributed by atoms with E-state index in [1.165, 1.54) is 18.2 Å². The van der Waals surface area contributed by atoms with E-state index in [1.54, 1.807) is 32.9 Å². The maximum absolute atomic E-state index is 13.3. The molecule has 0 aliphatic heterocycles. The van der Waals surface area contributed by atoms with Gasteiger partial charge >= 0.3 is 5.97 Å². The van der Waals surface area contributed by atoms with Gasteiger partial charge in [0.25, 0.3) is 0 Å². The molecule has 0 spiro atoms. The van der Waals surface area contributed by atoms with Crippen LogP contribution in [0.1, 0.15) is 36.2 Å². The average Bonchev–Trinajstić information content (AvgIpc) is 2.67. The smallest absolute Gasteiger partial charge is 0.338 e. The minimum atomic E-state index is -3.84. The molecule has 1 atom stereocenters. The number of nitrogens with one attached hydrogen (secondary N) is 1. The topological polar surface area (TPSA) is 92.8 Å². The second kappa shape index (κ2) is 9.71. The maximum Gasteiger partial charge on any atom is 0.338 e. The van der Waals surface area contributed by atoms with Gasteiger partial charge in [0.05, 0.1) is 24.1 Å². The van der Waals surface area contributed by atoms with Crippen LogP contribution in [0.4, 0.5) is 15.8 Å². The maximum atomic E-state index is 13.3. The van der Waals surface area contributed by atoms with Gasteiger partial charge in [-0.15, -0.1) is 0 Å². The number of carbonyl (C=O) groups is 2. The lowest BCUT2D eigenvalue weighted by molar-refractivity contribution is -0.117. The third-order valence-corrected chi connectivity index (χ3v) is 5.60. The number of anilines is 2. The van der Waals surface area contributed by atoms with Crippen LogP contribution < -0.4 is 9.62 Å². The van der Waals surface area contributed by atoms with Gasteiger partial charge in [0.2, 0.25) is 15.9 Å². The molecule has 2 aromatic carbocycles. The van der Waals surface area contributed by atoms with Gasteiger partial charge in [-0.05, 0) is 62.2 Å². The van der Waals surface area contributed by atoms with Crippen LogP contribution in [0, 0.1) is 12.7 Å². The summed E-state index contributed by atoms with van der Waals surface area (Å²) in [6.07, 6.45) is 1.16. The highest BCUT2D eigenvalue weighted by Gasteiger charge is 2.31. The first-order chi connectivity index (χ1) is 14.1. The standard InChI is InChI=1S/C21H25FN2O5S/c1-5-19(24(30(4,27)28)17-11-9-16(22)10-12-17)20(25)23-18-13-15(8-7-14(18)3)21(26)29-6-2/h7-13,19H,5-6H2,1-4H3,(H,23,25). The molecule has 0 radical (unpaired) electrons. The Morgan fingerprint density at radius 3 is 2.30 bits per heavy atom. The minimum Gasteiger partial charge on any atom is -0.462 e. The quantitative estimate of drug-likeness (QED) is 0.640. The second-order valence-electron chi connectivity index (χ2n) is 6.70. The van der Waals surface area contributed by atoms with Gasteiger partial charge in [-0.25, -0.2) is 17.6 Å². The summed E-state index contributed by atoms with van der Waals surface area (Å²) in [7, 11) is -3.84. The molecule has 2 aromatic rings. The van der Waals surface area contributed by atoms with Crippen molar-refractivity contribution in [3.05, 3.63) is 59.4 Å². The van der Waals surface area contributed by atoms with Crippen molar-refractivity contribution >= 4 is 33.3 Å². The molecule has 1 N–H and O–H groups in total. The number of hydrogen-bond acceptors (Lipinski definition) is 5. The fourth-order valence-corrected chi connectivity index (χ4v) is 4.17. The van der Waals surface area contributed by atoms with Crippen LogP contribution in [0.2, 0.25) is 0 Å². The molecule has 0 saturated heterocycles. The Kier molecular flexibility index (Phi) is 7.55. The Hall–Kier alpha value is -2.94. The fraction of sp³-hybridized carbons (Fsp3) is 0.333. The molecule has 9 heteroatoms. The summed E-state index contributed by atoms with van der Waals surface area (Å²) in [4.78, 5) is 25.0. The Balaban J connectivity index is 2.38. The first kappa shape index (κ1) is 23.3. The number of carbonyl (C=O) groups excluding carboxylic acids is 2. The number of ether oxygens (including phenoxy) is 1. The number of esters is 1. The molecule has 0 saturated carbocycles. The summed E-state index contributed by atoms with van der Waals surface area (Å²) in [5.74, 6) is -1.61. The third-order valence-electron chi connectivity index (χ3n) is 4.42. The predicted octanol–water partition coefficient (Wildman–Crippen LogP) is 3.49. The fourth-order valence-electron chi connectivity index (χ4n) is 2.96. The van der Waals surface area contributed by atoms with Crippen LogP contribution in [-0.4, -0.2) is 39.2 Å². The van der Waals surface area contributed by atoms with Crippen molar-refractivity contribution in [1.29, 1.82) is 0 Å². The Morgan fingerprint density at radius 2 is 1.77 bits per heavy atom. The summed E-state index contributed by atoms with van der Waals surface area (Å²) < 4.78 is 44.1. The molecule has 0 bridgehead atoms. The van der Waals surface area contributed by atoms with Crippen LogP contribution >= 0.6 is 0 Å². The highest BCUT2D eigenvalue weighted by atomic mass is 32.2. The number of hydrogen-bond donors (Lipinski definition) is 1. The number of sulfonamides is 1. The van der Waals surface area contributed by atoms with E-state index in [4.69, 9.17) is 4.74 Å². The summed E-state index contributed by atoms with van der Waals surface area (Å²) in [6, 6.07) is 8.53. The van der Waals surface area contributed by atoms with Crippen molar-refractivity contribution in [2.24, 2.45) is 0 Å². The van der Waals surface area contributed by atoms with Crippen molar-refractivity contribution in [2.75, 3.05) is 22.5 Å². The molecule has 1 amide bonds. The van der Waals surface area contributed by atoms with E-state index in [0.29, 0.717) is 11.3 Å². The van der Waals surface area contributed by atoms with Crippen molar-refractivity contribution in [3.63, 3.8) is 0 Å². The number of amides is 1. The van der Waals surface area contributed by atoms with Gasteiger partial charge in [-0.1, -0.05) is 13.0 Å². The largest absolute Gasteiger partial charge is 0.462 e. The second-order valence-corrected chi connectivity index (χ2v) is 8.56. The van der Waals surface area contributed by atoms with Gasteiger partial charge in [-0.3, -0.25) is 9.10 Å². The highest BCUT2D eigenvalue weighted by molar-refractivity contribution is 7.92. The van der Waals surface area contributed by atoms with Crippen LogP contribution in [-0.2, 0) is 19.6 Å².